The van der Waals surface area contributed by atoms with E-state index in [1.165, 1.54) is 0 Å². The SMILES string of the molecule is C#CC1(O)CCN(CC=C)C1. The Kier molecular flexibility index (Phi) is 2.33. The third-order valence-electron chi connectivity index (χ3n) is 1.98. The average Bonchev–Trinajstić information content (AvgIpc) is 2.35. The van der Waals surface area contributed by atoms with Gasteiger partial charge in [-0.15, -0.1) is 13.0 Å². The van der Waals surface area contributed by atoms with E-state index in [9.17, 15) is 5.11 Å². The molecule has 0 aromatic rings. The lowest BCUT2D eigenvalue weighted by molar-refractivity contribution is 0.110. The molecule has 1 saturated heterocycles. The van der Waals surface area contributed by atoms with Gasteiger partial charge in [-0.3, -0.25) is 4.90 Å². The van der Waals surface area contributed by atoms with Crippen LogP contribution in [0.4, 0.5) is 0 Å². The highest BCUT2D eigenvalue weighted by molar-refractivity contribution is 5.12. The molecule has 11 heavy (non-hydrogen) atoms. The molecule has 0 radical (unpaired) electrons. The van der Waals surface area contributed by atoms with E-state index in [-0.39, 0.29) is 0 Å². The molecule has 0 aliphatic carbocycles. The van der Waals surface area contributed by atoms with Gasteiger partial charge >= 0.3 is 0 Å². The minimum atomic E-state index is -0.886. The second-order valence-corrected chi connectivity index (χ2v) is 2.95. The van der Waals surface area contributed by atoms with Crippen molar-refractivity contribution in [1.82, 2.24) is 4.90 Å². The Morgan fingerprint density at radius 3 is 3.00 bits per heavy atom. The molecule has 1 aliphatic rings. The van der Waals surface area contributed by atoms with Crippen molar-refractivity contribution in [3.8, 4) is 12.3 Å². The number of terminal acetylenes is 1. The van der Waals surface area contributed by atoms with Crippen LogP contribution in [0.1, 0.15) is 6.42 Å². The van der Waals surface area contributed by atoms with Crippen molar-refractivity contribution in [3.05, 3.63) is 12.7 Å². The highest BCUT2D eigenvalue weighted by Crippen LogP contribution is 2.19. The first-order chi connectivity index (χ1) is 5.20. The quantitative estimate of drug-likeness (QED) is 0.451. The highest BCUT2D eigenvalue weighted by atomic mass is 16.3. The molecule has 0 bridgehead atoms. The predicted octanol–water partition coefficient (Wildman–Crippen LogP) is 0.242. The van der Waals surface area contributed by atoms with Gasteiger partial charge in [0.15, 0.2) is 0 Å². The molecular formula is C9H13NO. The van der Waals surface area contributed by atoms with Crippen molar-refractivity contribution in [2.75, 3.05) is 19.6 Å². The summed E-state index contributed by atoms with van der Waals surface area (Å²) in [5.41, 5.74) is -0.886. The molecule has 0 aromatic heterocycles. The smallest absolute Gasteiger partial charge is 0.139 e. The lowest BCUT2D eigenvalue weighted by Crippen LogP contribution is -2.31. The van der Waals surface area contributed by atoms with E-state index in [0.717, 1.165) is 13.1 Å². The molecule has 0 spiro atoms. The van der Waals surface area contributed by atoms with Crippen LogP contribution in [0.5, 0.6) is 0 Å². The van der Waals surface area contributed by atoms with Gasteiger partial charge in [-0.25, -0.2) is 0 Å². The fourth-order valence-corrected chi connectivity index (χ4v) is 1.33. The van der Waals surface area contributed by atoms with Crippen LogP contribution in [-0.4, -0.2) is 35.2 Å². The standard InChI is InChI=1S/C9H13NO/c1-3-6-10-7-5-9(11,4-2)8-10/h2-3,11H,1,5-8H2. The van der Waals surface area contributed by atoms with E-state index in [0.29, 0.717) is 13.0 Å². The zero-order chi connectivity index (χ0) is 8.32. The van der Waals surface area contributed by atoms with E-state index >= 15 is 0 Å². The second kappa shape index (κ2) is 3.08. The molecular weight excluding hydrogens is 138 g/mol. The summed E-state index contributed by atoms with van der Waals surface area (Å²) in [6, 6.07) is 0. The lowest BCUT2D eigenvalue weighted by atomic mass is 10.1. The van der Waals surface area contributed by atoms with E-state index in [1.54, 1.807) is 0 Å². The molecule has 2 nitrogen and oxygen atoms in total. The molecule has 1 unspecified atom stereocenters. The van der Waals surface area contributed by atoms with Gasteiger partial charge < -0.3 is 5.11 Å². The van der Waals surface area contributed by atoms with E-state index in [1.807, 2.05) is 6.08 Å². The normalized spacial score (nSPS) is 31.6. The number of likely N-dealkylation sites (tertiary alicyclic amines) is 1. The van der Waals surface area contributed by atoms with Gasteiger partial charge in [-0.2, -0.15) is 0 Å². The summed E-state index contributed by atoms with van der Waals surface area (Å²) in [6.07, 6.45) is 7.67. The van der Waals surface area contributed by atoms with Crippen LogP contribution in [0.3, 0.4) is 0 Å². The van der Waals surface area contributed by atoms with Crippen molar-refractivity contribution >= 4 is 0 Å². The maximum atomic E-state index is 9.58. The maximum Gasteiger partial charge on any atom is 0.139 e. The molecule has 2 heteroatoms. The Morgan fingerprint density at radius 1 is 1.82 bits per heavy atom. The van der Waals surface area contributed by atoms with Crippen LogP contribution in [0.15, 0.2) is 12.7 Å². The number of hydrogen-bond acceptors (Lipinski definition) is 2. The topological polar surface area (TPSA) is 23.5 Å². The van der Waals surface area contributed by atoms with Crippen LogP contribution in [0.25, 0.3) is 0 Å². The van der Waals surface area contributed by atoms with E-state index in [4.69, 9.17) is 6.42 Å². The molecule has 1 aliphatic heterocycles. The monoisotopic (exact) mass is 151 g/mol. The number of rotatable bonds is 2. The minimum absolute atomic E-state index is 0.579. The zero-order valence-corrected chi connectivity index (χ0v) is 6.58. The first-order valence-electron chi connectivity index (χ1n) is 3.73. The van der Waals surface area contributed by atoms with E-state index in [2.05, 4.69) is 17.4 Å². The lowest BCUT2D eigenvalue weighted by Gasteiger charge is -2.15. The third-order valence-corrected chi connectivity index (χ3v) is 1.98. The van der Waals surface area contributed by atoms with Crippen LogP contribution in [0.2, 0.25) is 0 Å². The fraction of sp³-hybridized carbons (Fsp3) is 0.556. The van der Waals surface area contributed by atoms with Crippen molar-refractivity contribution in [2.45, 2.75) is 12.0 Å². The summed E-state index contributed by atoms with van der Waals surface area (Å²) >= 11 is 0. The van der Waals surface area contributed by atoms with Gasteiger partial charge in [0, 0.05) is 26.1 Å². The Bertz CT molecular complexity index is 194. The summed E-state index contributed by atoms with van der Waals surface area (Å²) in [4.78, 5) is 2.09. The van der Waals surface area contributed by atoms with Crippen molar-refractivity contribution in [3.63, 3.8) is 0 Å². The number of hydrogen-bond donors (Lipinski definition) is 1. The Morgan fingerprint density at radius 2 is 2.55 bits per heavy atom. The molecule has 60 valence electrons. The molecule has 1 fully saturated rings. The molecule has 0 saturated carbocycles. The van der Waals surface area contributed by atoms with Gasteiger partial charge in [0.1, 0.15) is 5.60 Å². The molecule has 0 aromatic carbocycles. The number of nitrogens with zero attached hydrogens (tertiary/aromatic N) is 1. The summed E-state index contributed by atoms with van der Waals surface area (Å²) in [5, 5.41) is 9.58. The molecule has 1 rings (SSSR count). The van der Waals surface area contributed by atoms with Gasteiger partial charge in [-0.1, -0.05) is 12.0 Å². The van der Waals surface area contributed by atoms with Crippen LogP contribution in [-0.2, 0) is 0 Å². The Balaban J connectivity index is 2.47. The average molecular weight is 151 g/mol. The second-order valence-electron chi connectivity index (χ2n) is 2.95. The van der Waals surface area contributed by atoms with Crippen molar-refractivity contribution in [1.29, 1.82) is 0 Å². The molecule has 1 N–H and O–H groups in total. The summed E-state index contributed by atoms with van der Waals surface area (Å²) < 4.78 is 0. The van der Waals surface area contributed by atoms with Gasteiger partial charge in [0.05, 0.1) is 0 Å². The van der Waals surface area contributed by atoms with Gasteiger partial charge in [-0.05, 0) is 0 Å². The Labute approximate surface area is 67.5 Å². The fourth-order valence-electron chi connectivity index (χ4n) is 1.33. The predicted molar refractivity (Wildman–Crippen MR) is 45.0 cm³/mol. The maximum absolute atomic E-state index is 9.58. The van der Waals surface area contributed by atoms with Gasteiger partial charge in [0.2, 0.25) is 0 Å². The van der Waals surface area contributed by atoms with Crippen molar-refractivity contribution in [2.24, 2.45) is 0 Å². The van der Waals surface area contributed by atoms with Gasteiger partial charge in [0.25, 0.3) is 0 Å². The van der Waals surface area contributed by atoms with E-state index < -0.39 is 5.60 Å². The summed E-state index contributed by atoms with van der Waals surface area (Å²) in [7, 11) is 0. The molecule has 0 amide bonds. The summed E-state index contributed by atoms with van der Waals surface area (Å²) in [6.45, 7) is 5.88. The third kappa shape index (κ3) is 1.83. The molecule has 1 heterocycles. The zero-order valence-electron chi connectivity index (χ0n) is 6.58. The molecule has 1 atom stereocenters. The first-order valence-corrected chi connectivity index (χ1v) is 3.73. The Hall–Kier alpha value is -0.780. The van der Waals surface area contributed by atoms with Crippen LogP contribution < -0.4 is 0 Å². The highest BCUT2D eigenvalue weighted by Gasteiger charge is 2.33. The largest absolute Gasteiger partial charge is 0.376 e. The van der Waals surface area contributed by atoms with Crippen molar-refractivity contribution < 1.29 is 5.11 Å². The number of β-amino-alcohol motifs (C(OH)–C–C–N with tert-alkyl or cyclic N) is 1. The van der Waals surface area contributed by atoms with Crippen LogP contribution >= 0.6 is 0 Å². The first kappa shape index (κ1) is 8.32. The number of aliphatic hydroxyl groups is 1. The minimum Gasteiger partial charge on any atom is -0.376 e. The summed E-state index contributed by atoms with van der Waals surface area (Å²) in [5.74, 6) is 2.41. The van der Waals surface area contributed by atoms with Crippen LogP contribution in [0, 0.1) is 12.3 Å².